The van der Waals surface area contributed by atoms with Gasteiger partial charge < -0.3 is 4.74 Å². The summed E-state index contributed by atoms with van der Waals surface area (Å²) in [7, 11) is 0. The van der Waals surface area contributed by atoms with Crippen LogP contribution in [0.15, 0.2) is 40.9 Å². The van der Waals surface area contributed by atoms with Gasteiger partial charge in [0.05, 0.1) is 9.50 Å². The van der Waals surface area contributed by atoms with Crippen LogP contribution in [0.2, 0.25) is 5.02 Å². The third-order valence-corrected chi connectivity index (χ3v) is 3.58. The molecule has 0 aliphatic heterocycles. The Bertz CT molecular complexity index is 658. The van der Waals surface area contributed by atoms with E-state index in [4.69, 9.17) is 16.3 Å². The molecule has 0 saturated carbocycles. The average Bonchev–Trinajstić information content (AvgIpc) is 2.41. The van der Waals surface area contributed by atoms with Gasteiger partial charge in [-0.15, -0.1) is 0 Å². The van der Waals surface area contributed by atoms with E-state index >= 15 is 0 Å². The maximum Gasteiger partial charge on any atom is 0.200 e. The highest BCUT2D eigenvalue weighted by Gasteiger charge is 2.11. The van der Waals surface area contributed by atoms with E-state index in [9.17, 15) is 9.18 Å². The quantitative estimate of drug-likeness (QED) is 0.580. The monoisotopic (exact) mass is 356 g/mol. The van der Waals surface area contributed by atoms with Gasteiger partial charge in [0, 0.05) is 11.6 Å². The highest BCUT2D eigenvalue weighted by molar-refractivity contribution is 9.10. The molecular formula is C15H11BrClFO2. The van der Waals surface area contributed by atoms with E-state index < -0.39 is 5.82 Å². The molecule has 0 aliphatic carbocycles. The molecule has 0 fully saturated rings. The normalized spacial score (nSPS) is 10.4. The van der Waals surface area contributed by atoms with Gasteiger partial charge in [-0.1, -0.05) is 35.4 Å². The Morgan fingerprint density at radius 1 is 1.35 bits per heavy atom. The number of rotatable bonds is 4. The molecule has 0 N–H and O–H groups in total. The molecule has 5 heteroatoms. The summed E-state index contributed by atoms with van der Waals surface area (Å²) in [6.45, 7) is 1.74. The van der Waals surface area contributed by atoms with Gasteiger partial charge in [0.15, 0.2) is 12.4 Å². The van der Waals surface area contributed by atoms with Gasteiger partial charge in [-0.25, -0.2) is 4.39 Å². The molecule has 0 aliphatic rings. The SMILES string of the molecule is Cc1cccc(C(=O)COc2cc(F)c(Cl)cc2Br)c1. The van der Waals surface area contributed by atoms with Crippen LogP contribution in [0.3, 0.4) is 0 Å². The van der Waals surface area contributed by atoms with Crippen LogP contribution < -0.4 is 4.74 Å². The molecule has 104 valence electrons. The van der Waals surface area contributed by atoms with E-state index in [2.05, 4.69) is 15.9 Å². The molecule has 2 nitrogen and oxygen atoms in total. The van der Waals surface area contributed by atoms with Crippen LogP contribution in [0, 0.1) is 12.7 Å². The van der Waals surface area contributed by atoms with Crippen molar-refractivity contribution in [3.8, 4) is 5.75 Å². The number of aryl methyl sites for hydroxylation is 1. The smallest absolute Gasteiger partial charge is 0.200 e. The molecule has 0 radical (unpaired) electrons. The Morgan fingerprint density at radius 3 is 2.80 bits per heavy atom. The summed E-state index contributed by atoms with van der Waals surface area (Å²) in [5.41, 5.74) is 1.56. The molecule has 0 atom stereocenters. The molecule has 0 saturated heterocycles. The van der Waals surface area contributed by atoms with Gasteiger partial charge in [-0.3, -0.25) is 4.79 Å². The molecule has 20 heavy (non-hydrogen) atoms. The summed E-state index contributed by atoms with van der Waals surface area (Å²) in [4.78, 5) is 12.0. The lowest BCUT2D eigenvalue weighted by Gasteiger charge is -2.09. The number of ether oxygens (including phenoxy) is 1. The van der Waals surface area contributed by atoms with Gasteiger partial charge in [0.25, 0.3) is 0 Å². The molecule has 0 bridgehead atoms. The minimum atomic E-state index is -0.590. The van der Waals surface area contributed by atoms with E-state index in [0.29, 0.717) is 10.0 Å². The van der Waals surface area contributed by atoms with Crippen molar-refractivity contribution in [2.24, 2.45) is 0 Å². The molecule has 0 aromatic heterocycles. The van der Waals surface area contributed by atoms with Gasteiger partial charge in [-0.05, 0) is 35.0 Å². The van der Waals surface area contributed by atoms with Crippen molar-refractivity contribution in [3.63, 3.8) is 0 Å². The Kier molecular flexibility index (Phi) is 4.78. The molecule has 2 aromatic carbocycles. The number of benzene rings is 2. The Hall–Kier alpha value is -1.39. The van der Waals surface area contributed by atoms with E-state index in [1.165, 1.54) is 6.07 Å². The number of hydrogen-bond donors (Lipinski definition) is 0. The first-order valence-corrected chi connectivity index (χ1v) is 7.01. The van der Waals surface area contributed by atoms with E-state index in [1.54, 1.807) is 18.2 Å². The lowest BCUT2D eigenvalue weighted by Crippen LogP contribution is -2.12. The van der Waals surface area contributed by atoms with E-state index in [1.807, 2.05) is 13.0 Å². The lowest BCUT2D eigenvalue weighted by atomic mass is 10.1. The lowest BCUT2D eigenvalue weighted by molar-refractivity contribution is 0.0920. The fourth-order valence-electron chi connectivity index (χ4n) is 1.66. The fourth-order valence-corrected chi connectivity index (χ4v) is 2.41. The zero-order valence-corrected chi connectivity index (χ0v) is 13.0. The Labute approximate surface area is 129 Å². The van der Waals surface area contributed by atoms with Gasteiger partial charge in [0.2, 0.25) is 0 Å². The van der Waals surface area contributed by atoms with E-state index in [0.717, 1.165) is 11.6 Å². The van der Waals surface area contributed by atoms with Crippen LogP contribution in [0.5, 0.6) is 5.75 Å². The largest absolute Gasteiger partial charge is 0.484 e. The van der Waals surface area contributed by atoms with E-state index in [-0.39, 0.29) is 23.2 Å². The Balaban J connectivity index is 2.09. The van der Waals surface area contributed by atoms with Crippen molar-refractivity contribution >= 4 is 33.3 Å². The third-order valence-electron chi connectivity index (χ3n) is 2.67. The molecule has 2 aromatic rings. The zero-order chi connectivity index (χ0) is 14.7. The molecule has 0 heterocycles. The number of hydrogen-bond acceptors (Lipinski definition) is 2. The second-order valence-corrected chi connectivity index (χ2v) is 5.54. The first-order valence-electron chi connectivity index (χ1n) is 5.84. The Morgan fingerprint density at radius 2 is 2.10 bits per heavy atom. The van der Waals surface area contributed by atoms with Crippen molar-refractivity contribution in [1.29, 1.82) is 0 Å². The highest BCUT2D eigenvalue weighted by Crippen LogP contribution is 2.30. The fraction of sp³-hybridized carbons (Fsp3) is 0.133. The predicted octanol–water partition coefficient (Wildman–Crippen LogP) is 4.81. The van der Waals surface area contributed by atoms with Crippen LogP contribution in [-0.4, -0.2) is 12.4 Å². The molecule has 0 spiro atoms. The average molecular weight is 358 g/mol. The van der Waals surface area contributed by atoms with Crippen molar-refractivity contribution in [2.45, 2.75) is 6.92 Å². The number of ketones is 1. The standard InChI is InChI=1S/C15H11BrClFO2/c1-9-3-2-4-10(5-9)14(19)8-20-15-7-13(18)12(17)6-11(15)16/h2-7H,8H2,1H3. The molecular weight excluding hydrogens is 347 g/mol. The second kappa shape index (κ2) is 6.37. The second-order valence-electron chi connectivity index (χ2n) is 4.28. The summed E-state index contributed by atoms with van der Waals surface area (Å²) in [6, 6.07) is 9.75. The first kappa shape index (κ1) is 15.0. The van der Waals surface area contributed by atoms with Crippen LogP contribution in [0.25, 0.3) is 0 Å². The summed E-state index contributed by atoms with van der Waals surface area (Å²) >= 11 is 8.85. The van der Waals surface area contributed by atoms with Crippen molar-refractivity contribution in [2.75, 3.05) is 6.61 Å². The summed E-state index contributed by atoms with van der Waals surface area (Å²) in [6.07, 6.45) is 0. The number of Topliss-reactive ketones (excluding diaryl/α,β-unsaturated/α-hetero) is 1. The van der Waals surface area contributed by atoms with Crippen molar-refractivity contribution in [3.05, 3.63) is 62.8 Å². The summed E-state index contributed by atoms with van der Waals surface area (Å²) in [5.74, 6) is -0.517. The van der Waals surface area contributed by atoms with Crippen LogP contribution in [0.4, 0.5) is 4.39 Å². The highest BCUT2D eigenvalue weighted by atomic mass is 79.9. The van der Waals surface area contributed by atoms with Crippen LogP contribution >= 0.6 is 27.5 Å². The van der Waals surface area contributed by atoms with Gasteiger partial charge in [0.1, 0.15) is 11.6 Å². The van der Waals surface area contributed by atoms with Gasteiger partial charge in [-0.2, -0.15) is 0 Å². The van der Waals surface area contributed by atoms with Crippen LogP contribution in [-0.2, 0) is 0 Å². The number of carbonyl (C=O) groups is 1. The molecule has 0 amide bonds. The summed E-state index contributed by atoms with van der Waals surface area (Å²) in [5, 5.41) is -0.00534. The first-order chi connectivity index (χ1) is 9.47. The van der Waals surface area contributed by atoms with Crippen LogP contribution in [0.1, 0.15) is 15.9 Å². The third kappa shape index (κ3) is 3.58. The minimum absolute atomic E-state index is 0.00534. The zero-order valence-electron chi connectivity index (χ0n) is 10.6. The maximum absolute atomic E-state index is 13.3. The maximum atomic E-state index is 13.3. The molecule has 2 rings (SSSR count). The number of carbonyl (C=O) groups excluding carboxylic acids is 1. The number of halogens is 3. The minimum Gasteiger partial charge on any atom is -0.484 e. The van der Waals surface area contributed by atoms with Crippen molar-refractivity contribution < 1.29 is 13.9 Å². The van der Waals surface area contributed by atoms with Crippen molar-refractivity contribution in [1.82, 2.24) is 0 Å². The summed E-state index contributed by atoms with van der Waals surface area (Å²) < 4.78 is 19.2. The van der Waals surface area contributed by atoms with Gasteiger partial charge >= 0.3 is 0 Å². The topological polar surface area (TPSA) is 26.3 Å². The predicted molar refractivity (Wildman–Crippen MR) is 80.1 cm³/mol. The molecule has 0 unspecified atom stereocenters.